The first-order valence-electron chi connectivity index (χ1n) is 11.1. The number of aryl methyl sites for hydroxylation is 1. The minimum atomic E-state index is -0.343. The summed E-state index contributed by atoms with van der Waals surface area (Å²) in [5, 5.41) is 10.1. The Morgan fingerprint density at radius 2 is 2.18 bits per heavy atom. The number of hydrogen-bond donors (Lipinski definition) is 3. The molecule has 3 aromatic rings. The highest BCUT2D eigenvalue weighted by atomic mass is 32.1. The first kappa shape index (κ1) is 21.6. The van der Waals surface area contributed by atoms with Crippen molar-refractivity contribution >= 4 is 50.6 Å². The lowest BCUT2D eigenvalue weighted by Gasteiger charge is -2.29. The Balaban J connectivity index is 1.53. The van der Waals surface area contributed by atoms with Gasteiger partial charge < -0.3 is 20.7 Å². The fourth-order valence-electron chi connectivity index (χ4n) is 4.27. The number of rotatable bonds is 5. The fraction of sp³-hybridized carbons (Fsp3) is 0.391. The molecule has 172 valence electrons. The Kier molecular flexibility index (Phi) is 5.63. The number of carbonyl (C=O) groups excluding carboxylic acids is 2. The van der Waals surface area contributed by atoms with Crippen LogP contribution >= 0.6 is 11.3 Å². The van der Waals surface area contributed by atoms with E-state index >= 15 is 0 Å². The number of ether oxygens (including phenoxy) is 1. The van der Waals surface area contributed by atoms with E-state index in [0.717, 1.165) is 36.9 Å². The predicted octanol–water partition coefficient (Wildman–Crippen LogP) is 3.95. The van der Waals surface area contributed by atoms with E-state index in [0.29, 0.717) is 32.6 Å². The van der Waals surface area contributed by atoms with Crippen LogP contribution in [-0.2, 0) is 0 Å². The molecular formula is C23H26N6O3S. The lowest BCUT2D eigenvalue weighted by atomic mass is 10.1. The van der Waals surface area contributed by atoms with Gasteiger partial charge in [-0.3, -0.25) is 9.69 Å². The Labute approximate surface area is 195 Å². The smallest absolute Gasteiger partial charge is 0.331 e. The van der Waals surface area contributed by atoms with Crippen LogP contribution in [0.15, 0.2) is 24.5 Å². The highest BCUT2D eigenvalue weighted by Gasteiger charge is 2.34. The number of nitrogens with one attached hydrogen (secondary N) is 3. The highest BCUT2D eigenvalue weighted by Crippen LogP contribution is 2.46. The van der Waals surface area contributed by atoms with Crippen LogP contribution in [0.5, 0.6) is 5.88 Å². The Morgan fingerprint density at radius 3 is 2.91 bits per heavy atom. The number of thiophene rings is 1. The van der Waals surface area contributed by atoms with Crippen LogP contribution in [0.4, 0.5) is 21.9 Å². The molecule has 0 radical (unpaired) electrons. The molecule has 1 saturated heterocycles. The summed E-state index contributed by atoms with van der Waals surface area (Å²) >= 11 is 1.29. The number of carbonyl (C=O) groups is 2. The van der Waals surface area contributed by atoms with Crippen LogP contribution < -0.4 is 25.6 Å². The van der Waals surface area contributed by atoms with E-state index in [2.05, 4.69) is 25.9 Å². The molecule has 0 spiro atoms. The van der Waals surface area contributed by atoms with E-state index < -0.39 is 0 Å². The van der Waals surface area contributed by atoms with Crippen molar-refractivity contribution < 1.29 is 14.3 Å². The monoisotopic (exact) mass is 466 g/mol. The van der Waals surface area contributed by atoms with Gasteiger partial charge in [0.2, 0.25) is 5.88 Å². The first-order valence-corrected chi connectivity index (χ1v) is 11.9. The molecule has 0 unspecified atom stereocenters. The Morgan fingerprint density at radius 1 is 1.33 bits per heavy atom. The third-order valence-electron chi connectivity index (χ3n) is 5.74. The Hall–Kier alpha value is -3.24. The van der Waals surface area contributed by atoms with Gasteiger partial charge in [0.1, 0.15) is 9.71 Å². The van der Waals surface area contributed by atoms with Gasteiger partial charge in [-0.1, -0.05) is 0 Å². The molecule has 0 aliphatic carbocycles. The summed E-state index contributed by atoms with van der Waals surface area (Å²) in [7, 11) is 0. The number of amides is 3. The van der Waals surface area contributed by atoms with Crippen LogP contribution in [-0.4, -0.2) is 47.1 Å². The van der Waals surface area contributed by atoms with E-state index in [-0.39, 0.29) is 24.1 Å². The number of pyridine rings is 2. The summed E-state index contributed by atoms with van der Waals surface area (Å²) in [5.41, 5.74) is 2.69. The zero-order chi connectivity index (χ0) is 23.1. The van der Waals surface area contributed by atoms with Gasteiger partial charge in [0.15, 0.2) is 0 Å². The molecule has 10 heteroatoms. The van der Waals surface area contributed by atoms with Crippen molar-refractivity contribution in [2.75, 3.05) is 23.3 Å². The lowest BCUT2D eigenvalue weighted by molar-refractivity contribution is 0.0935. The van der Waals surface area contributed by atoms with Crippen molar-refractivity contribution in [1.82, 2.24) is 20.6 Å². The molecule has 33 heavy (non-hydrogen) atoms. The minimum Gasteiger partial charge on any atom is -0.475 e. The average Bonchev–Trinajstić information content (AvgIpc) is 3.15. The van der Waals surface area contributed by atoms with E-state index in [4.69, 9.17) is 4.74 Å². The Bertz CT molecular complexity index is 1230. The molecule has 1 atom stereocenters. The van der Waals surface area contributed by atoms with Crippen molar-refractivity contribution in [2.24, 2.45) is 0 Å². The number of piperidine rings is 1. The van der Waals surface area contributed by atoms with Crippen LogP contribution in [0, 0.1) is 6.92 Å². The second kappa shape index (κ2) is 8.60. The first-order chi connectivity index (χ1) is 15.9. The molecular weight excluding hydrogens is 440 g/mol. The molecule has 5 rings (SSSR count). The van der Waals surface area contributed by atoms with Gasteiger partial charge in [0, 0.05) is 24.8 Å². The third kappa shape index (κ3) is 4.00. The van der Waals surface area contributed by atoms with Crippen molar-refractivity contribution in [3.8, 4) is 5.88 Å². The zero-order valence-corrected chi connectivity index (χ0v) is 19.6. The van der Waals surface area contributed by atoms with Crippen molar-refractivity contribution in [3.05, 3.63) is 35.0 Å². The number of urea groups is 1. The highest BCUT2D eigenvalue weighted by molar-refractivity contribution is 7.21. The molecule has 3 N–H and O–H groups in total. The largest absolute Gasteiger partial charge is 0.475 e. The maximum Gasteiger partial charge on any atom is 0.331 e. The molecule has 9 nitrogen and oxygen atoms in total. The molecule has 0 saturated carbocycles. The number of nitrogens with zero attached hydrogens (tertiary/aromatic N) is 3. The van der Waals surface area contributed by atoms with E-state index in [1.807, 2.05) is 26.8 Å². The van der Waals surface area contributed by atoms with Crippen LogP contribution in [0.2, 0.25) is 0 Å². The molecule has 2 aliphatic rings. The van der Waals surface area contributed by atoms with Gasteiger partial charge in [0.25, 0.3) is 5.91 Å². The second-order valence-corrected chi connectivity index (χ2v) is 9.57. The molecule has 0 bridgehead atoms. The summed E-state index contributed by atoms with van der Waals surface area (Å²) in [6.07, 6.45) is 5.26. The van der Waals surface area contributed by atoms with Crippen molar-refractivity contribution in [2.45, 2.75) is 45.8 Å². The van der Waals surface area contributed by atoms with Gasteiger partial charge in [-0.2, -0.15) is 0 Å². The van der Waals surface area contributed by atoms with Gasteiger partial charge in [-0.15, -0.1) is 11.3 Å². The topological polar surface area (TPSA) is 108 Å². The summed E-state index contributed by atoms with van der Waals surface area (Å²) in [6.45, 7) is 7.51. The minimum absolute atomic E-state index is 0.00295. The molecule has 3 aromatic heterocycles. The maximum atomic E-state index is 13.3. The van der Waals surface area contributed by atoms with E-state index in [1.54, 1.807) is 23.4 Å². The summed E-state index contributed by atoms with van der Waals surface area (Å²) in [5.74, 6) is 0.324. The van der Waals surface area contributed by atoms with Gasteiger partial charge >= 0.3 is 6.03 Å². The number of hydrogen-bond acceptors (Lipinski definition) is 7. The number of anilines is 3. The number of aromatic nitrogens is 2. The van der Waals surface area contributed by atoms with E-state index in [9.17, 15) is 9.59 Å². The van der Waals surface area contributed by atoms with Crippen LogP contribution in [0.3, 0.4) is 0 Å². The van der Waals surface area contributed by atoms with Crippen LogP contribution in [0.1, 0.15) is 41.9 Å². The van der Waals surface area contributed by atoms with Gasteiger partial charge in [0.05, 0.1) is 34.7 Å². The van der Waals surface area contributed by atoms with Crippen LogP contribution in [0.25, 0.3) is 10.2 Å². The second-order valence-electron chi connectivity index (χ2n) is 8.57. The van der Waals surface area contributed by atoms with E-state index in [1.165, 1.54) is 11.3 Å². The molecule has 1 fully saturated rings. The van der Waals surface area contributed by atoms with Crippen molar-refractivity contribution in [1.29, 1.82) is 0 Å². The molecule has 5 heterocycles. The van der Waals surface area contributed by atoms with Gasteiger partial charge in [-0.05, 0) is 51.8 Å². The summed E-state index contributed by atoms with van der Waals surface area (Å²) in [4.78, 5) is 38.0. The third-order valence-corrected chi connectivity index (χ3v) is 6.84. The van der Waals surface area contributed by atoms with Crippen molar-refractivity contribution in [3.63, 3.8) is 0 Å². The zero-order valence-electron chi connectivity index (χ0n) is 18.8. The quantitative estimate of drug-likeness (QED) is 0.525. The molecule has 3 amide bonds. The molecule has 2 aliphatic heterocycles. The van der Waals surface area contributed by atoms with Gasteiger partial charge in [-0.25, -0.2) is 14.8 Å². The molecule has 0 aromatic carbocycles. The SMILES string of the molecule is Cc1cc(OC(C)C)ncc1N1C(=O)Nc2c(C(=O)N[C@@H]3CCCNC3)sc3nccc1c23. The predicted molar refractivity (Wildman–Crippen MR) is 129 cm³/mol. The summed E-state index contributed by atoms with van der Waals surface area (Å²) in [6, 6.07) is 3.35. The average molecular weight is 467 g/mol. The standard InChI is InChI=1S/C23H26N6O3S/c1-12(2)32-17-9-13(3)16(11-26-17)29-15-6-8-25-22-18(15)19(28-23(29)31)20(33-22)21(30)27-14-5-4-7-24-10-14/h6,8-9,11-12,14,24H,4-5,7,10H2,1-3H3,(H,27,30)(H,28,31)/t14-/m1/s1. The maximum absolute atomic E-state index is 13.3. The fourth-order valence-corrected chi connectivity index (χ4v) is 5.29. The summed E-state index contributed by atoms with van der Waals surface area (Å²) < 4.78 is 5.68. The lowest BCUT2D eigenvalue weighted by Crippen LogP contribution is -2.45. The normalized spacial score (nSPS) is 17.9.